The fourth-order valence-electron chi connectivity index (χ4n) is 1.67. The third-order valence-electron chi connectivity index (χ3n) is 2.40. The summed E-state index contributed by atoms with van der Waals surface area (Å²) in [5.41, 5.74) is 0. The number of amides is 1. The molecule has 0 spiro atoms. The van der Waals surface area contributed by atoms with E-state index in [0.717, 1.165) is 13.1 Å². The van der Waals surface area contributed by atoms with Gasteiger partial charge in [0.1, 0.15) is 0 Å². The molecule has 0 aliphatic carbocycles. The molecule has 1 fully saturated rings. The Labute approximate surface area is 72.7 Å². The number of carbonyl (C=O) groups is 1. The summed E-state index contributed by atoms with van der Waals surface area (Å²) >= 11 is 1.70. The minimum absolute atomic E-state index is 0.398. The molecule has 0 atom stereocenters. The highest BCUT2D eigenvalue weighted by Gasteiger charge is 2.38. The van der Waals surface area contributed by atoms with Crippen molar-refractivity contribution in [3.63, 3.8) is 0 Å². The van der Waals surface area contributed by atoms with E-state index in [-0.39, 0.29) is 0 Å². The van der Waals surface area contributed by atoms with Gasteiger partial charge >= 0.3 is 5.91 Å². The van der Waals surface area contributed by atoms with E-state index in [1.165, 1.54) is 12.8 Å². The molecule has 0 aromatic rings. The summed E-state index contributed by atoms with van der Waals surface area (Å²) in [4.78, 5) is 11.5. The summed E-state index contributed by atoms with van der Waals surface area (Å²) < 4.78 is 0.677. The van der Waals surface area contributed by atoms with E-state index in [9.17, 15) is 4.79 Å². The fraction of sp³-hybridized carbons (Fsp3) is 0.875. The molecule has 1 saturated heterocycles. The van der Waals surface area contributed by atoms with Crippen LogP contribution in [0.15, 0.2) is 0 Å². The van der Waals surface area contributed by atoms with Gasteiger partial charge in [-0.05, 0) is 0 Å². The minimum atomic E-state index is 0.398. The van der Waals surface area contributed by atoms with Gasteiger partial charge in [-0.1, -0.05) is 6.92 Å². The van der Waals surface area contributed by atoms with Gasteiger partial charge in [-0.3, -0.25) is 0 Å². The number of rotatable bonds is 2. The van der Waals surface area contributed by atoms with Gasteiger partial charge in [0.05, 0.1) is 31.5 Å². The smallest absolute Gasteiger partial charge is 0.230 e. The molecule has 0 N–H and O–H groups in total. The van der Waals surface area contributed by atoms with E-state index in [2.05, 4.69) is 0 Å². The molecular weight excluding hydrogens is 158 g/mol. The average molecular weight is 174 g/mol. The van der Waals surface area contributed by atoms with Crippen molar-refractivity contribution in [1.29, 1.82) is 0 Å². The first-order valence-electron chi connectivity index (χ1n) is 4.21. The Hall–Kier alpha value is -0.0200. The molecule has 1 aliphatic rings. The lowest BCUT2D eigenvalue weighted by Gasteiger charge is -2.26. The van der Waals surface area contributed by atoms with Crippen molar-refractivity contribution >= 4 is 17.9 Å². The van der Waals surface area contributed by atoms with Crippen LogP contribution in [0.1, 0.15) is 26.2 Å². The first-order chi connectivity index (χ1) is 5.25. The lowest BCUT2D eigenvalue weighted by atomic mass is 10.4. The van der Waals surface area contributed by atoms with E-state index < -0.39 is 0 Å². The van der Waals surface area contributed by atoms with Gasteiger partial charge in [-0.15, -0.1) is 0 Å². The first-order valence-corrected chi connectivity index (χ1v) is 5.39. The topological polar surface area (TPSA) is 17.1 Å². The normalized spacial score (nSPS) is 22.0. The standard InChI is InChI=1S/C8H16NOS/c1-3-8(10)9(11-2)6-4-5-7-9/h3-7H2,1-2H3/q+1. The Morgan fingerprint density at radius 2 is 2.00 bits per heavy atom. The number of hydrogen-bond acceptors (Lipinski definition) is 2. The van der Waals surface area contributed by atoms with Crippen molar-refractivity contribution in [3.05, 3.63) is 0 Å². The number of quaternary nitrogens is 1. The van der Waals surface area contributed by atoms with Crippen LogP contribution in [0.3, 0.4) is 0 Å². The van der Waals surface area contributed by atoms with Gasteiger partial charge in [0.2, 0.25) is 0 Å². The summed E-state index contributed by atoms with van der Waals surface area (Å²) in [7, 11) is 0. The third-order valence-corrected chi connectivity index (χ3v) is 3.66. The van der Waals surface area contributed by atoms with Crippen molar-refractivity contribution in [2.45, 2.75) is 26.2 Å². The summed E-state index contributed by atoms with van der Waals surface area (Å²) in [6, 6.07) is 0. The van der Waals surface area contributed by atoms with Crippen LogP contribution in [0, 0.1) is 0 Å². The Bertz CT molecular complexity index is 152. The minimum Gasteiger partial charge on any atom is -0.230 e. The highest BCUT2D eigenvalue weighted by Crippen LogP contribution is 2.29. The number of nitrogens with zero attached hydrogens (tertiary/aromatic N) is 1. The number of carbonyl (C=O) groups excluding carboxylic acids is 1. The Morgan fingerprint density at radius 3 is 2.36 bits per heavy atom. The second-order valence-electron chi connectivity index (χ2n) is 2.97. The van der Waals surface area contributed by atoms with Crippen molar-refractivity contribution < 1.29 is 8.68 Å². The molecule has 0 unspecified atom stereocenters. The van der Waals surface area contributed by atoms with Gasteiger partial charge in [0.15, 0.2) is 0 Å². The molecule has 1 aliphatic heterocycles. The van der Waals surface area contributed by atoms with Crippen LogP contribution in [0.2, 0.25) is 0 Å². The maximum atomic E-state index is 11.5. The lowest BCUT2D eigenvalue weighted by Crippen LogP contribution is -2.43. The van der Waals surface area contributed by atoms with Gasteiger partial charge in [-0.25, -0.2) is 4.79 Å². The molecule has 0 bridgehead atoms. The summed E-state index contributed by atoms with van der Waals surface area (Å²) in [5.74, 6) is 0.398. The summed E-state index contributed by atoms with van der Waals surface area (Å²) in [6.45, 7) is 4.05. The SMILES string of the molecule is CCC(=O)[N+]1(SC)CCCC1. The molecule has 1 rings (SSSR count). The zero-order valence-corrected chi connectivity index (χ0v) is 8.12. The van der Waals surface area contributed by atoms with Crippen molar-refractivity contribution in [1.82, 2.24) is 0 Å². The quantitative estimate of drug-likeness (QED) is 0.469. The van der Waals surface area contributed by atoms with E-state index in [1.54, 1.807) is 11.9 Å². The van der Waals surface area contributed by atoms with Crippen LogP contribution in [-0.4, -0.2) is 29.1 Å². The molecule has 0 radical (unpaired) electrons. The fourth-order valence-corrected chi connectivity index (χ4v) is 2.62. The average Bonchev–Trinajstić information content (AvgIpc) is 2.52. The number of hydrogen-bond donors (Lipinski definition) is 0. The molecule has 1 amide bonds. The van der Waals surface area contributed by atoms with Crippen molar-refractivity contribution in [2.24, 2.45) is 0 Å². The van der Waals surface area contributed by atoms with Crippen LogP contribution in [0.4, 0.5) is 0 Å². The number of likely N-dealkylation sites (tertiary alicyclic amines) is 1. The molecular formula is C8H16NOS+. The van der Waals surface area contributed by atoms with Crippen LogP contribution in [0.25, 0.3) is 0 Å². The molecule has 3 heteroatoms. The van der Waals surface area contributed by atoms with Crippen LogP contribution < -0.4 is 0 Å². The predicted octanol–water partition coefficient (Wildman–Crippen LogP) is 1.81. The third kappa shape index (κ3) is 1.59. The zero-order valence-electron chi connectivity index (χ0n) is 7.30. The van der Waals surface area contributed by atoms with E-state index in [1.807, 2.05) is 13.2 Å². The molecule has 2 nitrogen and oxygen atoms in total. The second kappa shape index (κ2) is 3.59. The molecule has 0 aromatic carbocycles. The Balaban J connectivity index is 2.66. The highest BCUT2D eigenvalue weighted by atomic mass is 32.2. The maximum absolute atomic E-state index is 11.5. The highest BCUT2D eigenvalue weighted by molar-refractivity contribution is 7.93. The van der Waals surface area contributed by atoms with Crippen molar-refractivity contribution in [2.75, 3.05) is 19.3 Å². The van der Waals surface area contributed by atoms with E-state index in [4.69, 9.17) is 0 Å². The molecule has 0 saturated carbocycles. The summed E-state index contributed by atoms with van der Waals surface area (Å²) in [6.07, 6.45) is 5.15. The van der Waals surface area contributed by atoms with Crippen LogP contribution >= 0.6 is 11.9 Å². The zero-order chi connectivity index (χ0) is 8.32. The van der Waals surface area contributed by atoms with Gasteiger partial charge in [0, 0.05) is 19.1 Å². The van der Waals surface area contributed by atoms with Crippen molar-refractivity contribution in [3.8, 4) is 0 Å². The van der Waals surface area contributed by atoms with E-state index in [0.29, 0.717) is 16.2 Å². The molecule has 0 aromatic heterocycles. The first kappa shape index (κ1) is 9.07. The predicted molar refractivity (Wildman–Crippen MR) is 48.0 cm³/mol. The monoisotopic (exact) mass is 174 g/mol. The summed E-state index contributed by atoms with van der Waals surface area (Å²) in [5, 5.41) is 0. The molecule has 1 heterocycles. The second-order valence-corrected chi connectivity index (χ2v) is 4.04. The van der Waals surface area contributed by atoms with Gasteiger partial charge < -0.3 is 0 Å². The van der Waals surface area contributed by atoms with Crippen LogP contribution in [0.5, 0.6) is 0 Å². The maximum Gasteiger partial charge on any atom is 0.324 e. The van der Waals surface area contributed by atoms with Gasteiger partial charge in [0.25, 0.3) is 0 Å². The largest absolute Gasteiger partial charge is 0.324 e. The lowest BCUT2D eigenvalue weighted by molar-refractivity contribution is -0.701. The van der Waals surface area contributed by atoms with Gasteiger partial charge in [-0.2, -0.15) is 3.89 Å². The molecule has 64 valence electrons. The van der Waals surface area contributed by atoms with Crippen LogP contribution in [-0.2, 0) is 4.79 Å². The molecule has 11 heavy (non-hydrogen) atoms. The Morgan fingerprint density at radius 1 is 1.45 bits per heavy atom. The van der Waals surface area contributed by atoms with E-state index >= 15 is 0 Å². The Kier molecular flexibility index (Phi) is 2.96.